The Bertz CT molecular complexity index is 223. The SMILES string of the molecule is CC(C)(C)n1cc(I)nn1. The average Bonchev–Trinajstić information content (AvgIpc) is 2.11. The highest BCUT2D eigenvalue weighted by Crippen LogP contribution is 2.11. The summed E-state index contributed by atoms with van der Waals surface area (Å²) in [6, 6.07) is 0. The van der Waals surface area contributed by atoms with Crippen LogP contribution in [0.4, 0.5) is 0 Å². The second-order valence-electron chi connectivity index (χ2n) is 3.16. The molecule has 0 fully saturated rings. The number of rotatable bonds is 0. The minimum Gasteiger partial charge on any atom is -0.246 e. The van der Waals surface area contributed by atoms with E-state index in [0.717, 1.165) is 3.70 Å². The first-order valence-electron chi connectivity index (χ1n) is 3.08. The average molecular weight is 251 g/mol. The van der Waals surface area contributed by atoms with Crippen LogP contribution in [0, 0.1) is 3.70 Å². The fraction of sp³-hybridized carbons (Fsp3) is 0.667. The van der Waals surface area contributed by atoms with Crippen molar-refractivity contribution >= 4 is 22.6 Å². The monoisotopic (exact) mass is 251 g/mol. The van der Waals surface area contributed by atoms with Crippen molar-refractivity contribution in [3.8, 4) is 0 Å². The highest BCUT2D eigenvalue weighted by molar-refractivity contribution is 14.1. The molecule has 1 aromatic rings. The Morgan fingerprint density at radius 2 is 2.10 bits per heavy atom. The van der Waals surface area contributed by atoms with Gasteiger partial charge in [0.15, 0.2) is 0 Å². The molecule has 4 heteroatoms. The molecule has 0 aliphatic carbocycles. The molecule has 56 valence electrons. The third kappa shape index (κ3) is 1.68. The van der Waals surface area contributed by atoms with Crippen LogP contribution in [0.15, 0.2) is 6.20 Å². The summed E-state index contributed by atoms with van der Waals surface area (Å²) in [5.41, 5.74) is 0.0520. The molecule has 0 saturated heterocycles. The molecule has 0 unspecified atom stereocenters. The quantitative estimate of drug-likeness (QED) is 0.656. The second kappa shape index (κ2) is 2.48. The van der Waals surface area contributed by atoms with E-state index in [-0.39, 0.29) is 5.54 Å². The van der Waals surface area contributed by atoms with Crippen molar-refractivity contribution in [1.29, 1.82) is 0 Å². The number of hydrogen-bond donors (Lipinski definition) is 0. The van der Waals surface area contributed by atoms with E-state index in [4.69, 9.17) is 0 Å². The Morgan fingerprint density at radius 1 is 1.50 bits per heavy atom. The van der Waals surface area contributed by atoms with Crippen LogP contribution in [0.5, 0.6) is 0 Å². The first-order valence-corrected chi connectivity index (χ1v) is 4.16. The highest BCUT2D eigenvalue weighted by Gasteiger charge is 2.13. The third-order valence-corrected chi connectivity index (χ3v) is 1.65. The standard InChI is InChI=1S/C6H10IN3/c1-6(2,3)10-4-5(7)8-9-10/h4H,1-3H3. The van der Waals surface area contributed by atoms with Crippen LogP contribution in [-0.4, -0.2) is 15.0 Å². The summed E-state index contributed by atoms with van der Waals surface area (Å²) in [4.78, 5) is 0. The van der Waals surface area contributed by atoms with Crippen molar-refractivity contribution in [2.75, 3.05) is 0 Å². The zero-order valence-corrected chi connectivity index (χ0v) is 8.45. The normalized spacial score (nSPS) is 12.0. The summed E-state index contributed by atoms with van der Waals surface area (Å²) in [5, 5.41) is 7.83. The predicted molar refractivity (Wildman–Crippen MR) is 47.7 cm³/mol. The van der Waals surface area contributed by atoms with Crippen molar-refractivity contribution in [1.82, 2.24) is 15.0 Å². The maximum atomic E-state index is 3.95. The first-order chi connectivity index (χ1) is 4.50. The maximum absolute atomic E-state index is 3.95. The number of halogens is 1. The highest BCUT2D eigenvalue weighted by atomic mass is 127. The Morgan fingerprint density at radius 3 is 2.30 bits per heavy atom. The van der Waals surface area contributed by atoms with E-state index >= 15 is 0 Å². The van der Waals surface area contributed by atoms with E-state index in [1.807, 2.05) is 10.9 Å². The lowest BCUT2D eigenvalue weighted by Crippen LogP contribution is -2.22. The van der Waals surface area contributed by atoms with E-state index in [2.05, 4.69) is 53.7 Å². The molecule has 0 spiro atoms. The van der Waals surface area contributed by atoms with Crippen molar-refractivity contribution in [2.24, 2.45) is 0 Å². The summed E-state index contributed by atoms with van der Waals surface area (Å²) in [7, 11) is 0. The Kier molecular flexibility index (Phi) is 1.98. The lowest BCUT2D eigenvalue weighted by molar-refractivity contribution is 0.347. The smallest absolute Gasteiger partial charge is 0.143 e. The van der Waals surface area contributed by atoms with Gasteiger partial charge in [0.25, 0.3) is 0 Å². The zero-order chi connectivity index (χ0) is 7.78. The molecule has 3 nitrogen and oxygen atoms in total. The van der Waals surface area contributed by atoms with E-state index < -0.39 is 0 Å². The van der Waals surface area contributed by atoms with Gasteiger partial charge in [-0.25, -0.2) is 4.68 Å². The molecule has 0 aliphatic rings. The Labute approximate surface area is 73.9 Å². The van der Waals surface area contributed by atoms with Gasteiger partial charge in [-0.1, -0.05) is 5.21 Å². The predicted octanol–water partition coefficient (Wildman–Crippen LogP) is 1.64. The minimum absolute atomic E-state index is 0.0520. The van der Waals surface area contributed by atoms with E-state index in [0.29, 0.717) is 0 Å². The molecule has 0 amide bonds. The molecule has 0 saturated carbocycles. The third-order valence-electron chi connectivity index (χ3n) is 1.15. The van der Waals surface area contributed by atoms with Gasteiger partial charge in [0.05, 0.1) is 11.7 Å². The van der Waals surface area contributed by atoms with Crippen LogP contribution in [0.2, 0.25) is 0 Å². The molecule has 0 aliphatic heterocycles. The first kappa shape index (κ1) is 7.97. The van der Waals surface area contributed by atoms with Gasteiger partial charge < -0.3 is 0 Å². The molecule has 0 aromatic carbocycles. The topological polar surface area (TPSA) is 30.7 Å². The van der Waals surface area contributed by atoms with Gasteiger partial charge in [-0.2, -0.15) is 0 Å². The molecule has 0 atom stereocenters. The van der Waals surface area contributed by atoms with Gasteiger partial charge in [-0.15, -0.1) is 5.10 Å². The van der Waals surface area contributed by atoms with E-state index in [1.165, 1.54) is 0 Å². The van der Waals surface area contributed by atoms with Gasteiger partial charge in [0.2, 0.25) is 0 Å². The van der Waals surface area contributed by atoms with Gasteiger partial charge >= 0.3 is 0 Å². The van der Waals surface area contributed by atoms with E-state index in [9.17, 15) is 0 Å². The molecular formula is C6H10IN3. The van der Waals surface area contributed by atoms with Gasteiger partial charge in [-0.05, 0) is 43.4 Å². The van der Waals surface area contributed by atoms with Crippen molar-refractivity contribution < 1.29 is 0 Å². The molecule has 0 radical (unpaired) electrons. The van der Waals surface area contributed by atoms with Gasteiger partial charge in [0, 0.05) is 0 Å². The summed E-state index contributed by atoms with van der Waals surface area (Å²) in [5.74, 6) is 0. The fourth-order valence-corrected chi connectivity index (χ4v) is 0.932. The van der Waals surface area contributed by atoms with Crippen molar-refractivity contribution in [3.05, 3.63) is 9.90 Å². The Balaban J connectivity index is 2.96. The lowest BCUT2D eigenvalue weighted by atomic mass is 10.1. The van der Waals surface area contributed by atoms with Crippen LogP contribution >= 0.6 is 22.6 Å². The largest absolute Gasteiger partial charge is 0.246 e. The molecule has 0 N–H and O–H groups in total. The molecular weight excluding hydrogens is 241 g/mol. The van der Waals surface area contributed by atoms with Gasteiger partial charge in [0.1, 0.15) is 3.70 Å². The van der Waals surface area contributed by atoms with E-state index in [1.54, 1.807) is 0 Å². The Hall–Kier alpha value is -0.130. The molecule has 0 bridgehead atoms. The summed E-state index contributed by atoms with van der Waals surface area (Å²) < 4.78 is 2.79. The van der Waals surface area contributed by atoms with Crippen LogP contribution in [0.3, 0.4) is 0 Å². The molecule has 1 aromatic heterocycles. The molecule has 10 heavy (non-hydrogen) atoms. The van der Waals surface area contributed by atoms with Gasteiger partial charge in [-0.3, -0.25) is 0 Å². The van der Waals surface area contributed by atoms with Crippen LogP contribution in [0.25, 0.3) is 0 Å². The lowest BCUT2D eigenvalue weighted by Gasteiger charge is -2.17. The van der Waals surface area contributed by atoms with Crippen molar-refractivity contribution in [3.63, 3.8) is 0 Å². The van der Waals surface area contributed by atoms with Crippen LogP contribution < -0.4 is 0 Å². The fourth-order valence-electron chi connectivity index (χ4n) is 0.571. The summed E-state index contributed by atoms with van der Waals surface area (Å²) >= 11 is 2.15. The van der Waals surface area contributed by atoms with Crippen LogP contribution in [-0.2, 0) is 5.54 Å². The maximum Gasteiger partial charge on any atom is 0.143 e. The molecule has 1 heterocycles. The second-order valence-corrected chi connectivity index (χ2v) is 4.26. The van der Waals surface area contributed by atoms with Crippen LogP contribution in [0.1, 0.15) is 20.8 Å². The minimum atomic E-state index is 0.0520. The summed E-state index contributed by atoms with van der Waals surface area (Å²) in [6.45, 7) is 6.28. The zero-order valence-electron chi connectivity index (χ0n) is 6.30. The van der Waals surface area contributed by atoms with Crippen molar-refractivity contribution in [2.45, 2.75) is 26.3 Å². The number of hydrogen-bond acceptors (Lipinski definition) is 2. The molecule has 1 rings (SSSR count). The summed E-state index contributed by atoms with van der Waals surface area (Å²) in [6.07, 6.45) is 1.93. The number of nitrogens with zero attached hydrogens (tertiary/aromatic N) is 3. The number of aromatic nitrogens is 3.